The quantitative estimate of drug-likeness (QED) is 0.903. The molecule has 2 aromatic rings. The van der Waals surface area contributed by atoms with E-state index in [0.29, 0.717) is 17.9 Å². The van der Waals surface area contributed by atoms with E-state index in [-0.39, 0.29) is 5.91 Å². The lowest BCUT2D eigenvalue weighted by atomic mass is 10.2. The molecule has 1 unspecified atom stereocenters. The van der Waals surface area contributed by atoms with Crippen molar-refractivity contribution < 1.29 is 9.21 Å². The monoisotopic (exact) mass is 313 g/mol. The molecule has 1 aliphatic rings. The molecule has 0 aromatic carbocycles. The number of nitrogens with one attached hydrogen (secondary N) is 2. The number of carbonyl (C=O) groups is 1. The van der Waals surface area contributed by atoms with Crippen LogP contribution < -0.4 is 10.6 Å². The molecular weight excluding hydrogens is 294 g/mol. The van der Waals surface area contributed by atoms with E-state index in [0.717, 1.165) is 11.4 Å². The van der Waals surface area contributed by atoms with Crippen molar-refractivity contribution in [1.29, 1.82) is 0 Å². The third-order valence-electron chi connectivity index (χ3n) is 3.55. The fourth-order valence-corrected chi connectivity index (χ4v) is 2.52. The second kappa shape index (κ2) is 5.75. The van der Waals surface area contributed by atoms with Crippen LogP contribution in [0.1, 0.15) is 30.5 Å². The molecule has 7 heteroatoms. The molecule has 1 amide bonds. The molecule has 23 heavy (non-hydrogen) atoms. The first kappa shape index (κ1) is 15.1. The van der Waals surface area contributed by atoms with Crippen LogP contribution in [0, 0.1) is 13.8 Å². The molecule has 0 bridgehead atoms. The third-order valence-corrected chi connectivity index (χ3v) is 3.55. The number of amides is 1. The summed E-state index contributed by atoms with van der Waals surface area (Å²) in [5.74, 6) is -0.682. The van der Waals surface area contributed by atoms with Gasteiger partial charge in [0.2, 0.25) is 5.91 Å². The molecule has 2 N–H and O–H groups in total. The average Bonchev–Trinajstić information content (AvgIpc) is 3.17. The van der Waals surface area contributed by atoms with Gasteiger partial charge in [0.15, 0.2) is 0 Å². The van der Waals surface area contributed by atoms with Gasteiger partial charge in [-0.3, -0.25) is 10.1 Å². The van der Waals surface area contributed by atoms with Gasteiger partial charge in [-0.15, -0.1) is 0 Å². The summed E-state index contributed by atoms with van der Waals surface area (Å²) in [6.45, 7) is 5.61. The predicted molar refractivity (Wildman–Crippen MR) is 86.4 cm³/mol. The SMILES string of the molecule is CCC(=O)NC1(n2nc(C)cc2C)N=CC=C(c2ccco2)N1. The van der Waals surface area contributed by atoms with Crippen molar-refractivity contribution in [2.75, 3.05) is 0 Å². The number of rotatable bonds is 4. The molecule has 3 rings (SSSR count). The third kappa shape index (κ3) is 2.77. The maximum Gasteiger partial charge on any atom is 0.312 e. The molecule has 0 saturated heterocycles. The van der Waals surface area contributed by atoms with E-state index in [2.05, 4.69) is 20.7 Å². The topological polar surface area (TPSA) is 84.5 Å². The highest BCUT2D eigenvalue weighted by molar-refractivity contribution is 5.85. The Hall–Kier alpha value is -2.83. The van der Waals surface area contributed by atoms with Gasteiger partial charge < -0.3 is 9.73 Å². The Balaban J connectivity index is 2.04. The summed E-state index contributed by atoms with van der Waals surface area (Å²) in [5.41, 5.74) is 2.44. The van der Waals surface area contributed by atoms with Crippen LogP contribution in [0.15, 0.2) is 39.9 Å². The first-order valence-electron chi connectivity index (χ1n) is 7.46. The lowest BCUT2D eigenvalue weighted by Gasteiger charge is -2.35. The van der Waals surface area contributed by atoms with Gasteiger partial charge in [-0.2, -0.15) is 5.10 Å². The lowest BCUT2D eigenvalue weighted by Crippen LogP contribution is -2.60. The van der Waals surface area contributed by atoms with Crippen molar-refractivity contribution in [1.82, 2.24) is 20.4 Å². The largest absolute Gasteiger partial charge is 0.463 e. The summed E-state index contributed by atoms with van der Waals surface area (Å²) in [6, 6.07) is 5.58. The minimum atomic E-state index is -1.21. The van der Waals surface area contributed by atoms with Crippen molar-refractivity contribution >= 4 is 17.8 Å². The van der Waals surface area contributed by atoms with E-state index in [1.54, 1.807) is 36.2 Å². The molecule has 1 aliphatic heterocycles. The Morgan fingerprint density at radius 2 is 2.30 bits per heavy atom. The summed E-state index contributed by atoms with van der Waals surface area (Å²) in [4.78, 5) is 16.5. The fraction of sp³-hybridized carbons (Fsp3) is 0.312. The highest BCUT2D eigenvalue weighted by atomic mass is 16.3. The Labute approximate surface area is 134 Å². The van der Waals surface area contributed by atoms with Gasteiger partial charge in [0, 0.05) is 18.3 Å². The number of hydrogen-bond acceptors (Lipinski definition) is 5. The highest BCUT2D eigenvalue weighted by Gasteiger charge is 2.37. The predicted octanol–water partition coefficient (Wildman–Crippen LogP) is 1.90. The molecule has 1 atom stereocenters. The van der Waals surface area contributed by atoms with Gasteiger partial charge in [0.05, 0.1) is 17.7 Å². The van der Waals surface area contributed by atoms with Crippen LogP contribution in [-0.2, 0) is 10.7 Å². The first-order valence-corrected chi connectivity index (χ1v) is 7.46. The molecule has 2 aromatic heterocycles. The van der Waals surface area contributed by atoms with Gasteiger partial charge >= 0.3 is 5.91 Å². The summed E-state index contributed by atoms with van der Waals surface area (Å²) in [6.07, 6.45) is 5.37. The second-order valence-electron chi connectivity index (χ2n) is 5.37. The Morgan fingerprint density at radius 3 is 2.91 bits per heavy atom. The van der Waals surface area contributed by atoms with Gasteiger partial charge in [-0.25, -0.2) is 9.67 Å². The maximum absolute atomic E-state index is 12.1. The van der Waals surface area contributed by atoms with E-state index >= 15 is 0 Å². The number of carbonyl (C=O) groups excluding carboxylic acids is 1. The number of aryl methyl sites for hydroxylation is 2. The summed E-state index contributed by atoms with van der Waals surface area (Å²) >= 11 is 0. The highest BCUT2D eigenvalue weighted by Crippen LogP contribution is 2.24. The number of aliphatic imine (C=N–C) groups is 1. The zero-order valence-corrected chi connectivity index (χ0v) is 13.3. The zero-order chi connectivity index (χ0) is 16.4. The van der Waals surface area contributed by atoms with E-state index in [1.807, 2.05) is 26.0 Å². The summed E-state index contributed by atoms with van der Waals surface area (Å²) in [5, 5.41) is 10.6. The smallest absolute Gasteiger partial charge is 0.312 e. The zero-order valence-electron chi connectivity index (χ0n) is 13.3. The maximum atomic E-state index is 12.1. The summed E-state index contributed by atoms with van der Waals surface area (Å²) in [7, 11) is 0. The molecule has 120 valence electrons. The van der Waals surface area contributed by atoms with Gasteiger partial charge in [0.25, 0.3) is 0 Å². The van der Waals surface area contributed by atoms with Gasteiger partial charge in [-0.05, 0) is 38.1 Å². The Morgan fingerprint density at radius 1 is 1.48 bits per heavy atom. The summed E-state index contributed by atoms with van der Waals surface area (Å²) < 4.78 is 7.10. The molecule has 0 spiro atoms. The number of hydrogen-bond donors (Lipinski definition) is 2. The number of aromatic nitrogens is 2. The van der Waals surface area contributed by atoms with Gasteiger partial charge in [0.1, 0.15) is 5.76 Å². The number of allylic oxidation sites excluding steroid dienone is 1. The molecular formula is C16H19N5O2. The number of furan rings is 1. The van der Waals surface area contributed by atoms with Crippen LogP contribution in [0.4, 0.5) is 0 Å². The Kier molecular flexibility index (Phi) is 3.77. The normalized spacial score (nSPS) is 20.0. The van der Waals surface area contributed by atoms with E-state index in [9.17, 15) is 4.79 Å². The molecule has 3 heterocycles. The molecule has 0 radical (unpaired) electrons. The standard InChI is InChI=1S/C16H19N5O2/c1-4-15(22)19-16(21-12(3)10-11(2)20-21)17-8-7-13(18-16)14-6-5-9-23-14/h5-10,18H,4H2,1-3H3,(H,19,22). The minimum Gasteiger partial charge on any atom is -0.463 e. The molecule has 0 saturated carbocycles. The second-order valence-corrected chi connectivity index (χ2v) is 5.37. The van der Waals surface area contributed by atoms with Crippen LogP contribution in [0.5, 0.6) is 0 Å². The van der Waals surface area contributed by atoms with E-state index in [4.69, 9.17) is 4.42 Å². The first-order chi connectivity index (χ1) is 11.0. The van der Waals surface area contributed by atoms with E-state index < -0.39 is 5.91 Å². The molecule has 0 fully saturated rings. The van der Waals surface area contributed by atoms with Crippen molar-refractivity contribution in [3.63, 3.8) is 0 Å². The average molecular weight is 313 g/mol. The van der Waals surface area contributed by atoms with Gasteiger partial charge in [-0.1, -0.05) is 6.92 Å². The number of nitrogens with zero attached hydrogens (tertiary/aromatic N) is 3. The fourth-order valence-electron chi connectivity index (χ4n) is 2.52. The molecule has 0 aliphatic carbocycles. The van der Waals surface area contributed by atoms with Crippen LogP contribution in [0.2, 0.25) is 0 Å². The van der Waals surface area contributed by atoms with Crippen LogP contribution in [0.3, 0.4) is 0 Å². The van der Waals surface area contributed by atoms with Crippen molar-refractivity contribution in [3.05, 3.63) is 47.7 Å². The molecule has 7 nitrogen and oxygen atoms in total. The van der Waals surface area contributed by atoms with Crippen LogP contribution >= 0.6 is 0 Å². The minimum absolute atomic E-state index is 0.136. The lowest BCUT2D eigenvalue weighted by molar-refractivity contribution is -0.124. The Bertz CT molecular complexity index is 773. The van der Waals surface area contributed by atoms with Crippen LogP contribution in [0.25, 0.3) is 5.70 Å². The van der Waals surface area contributed by atoms with Crippen LogP contribution in [-0.4, -0.2) is 21.9 Å². The van der Waals surface area contributed by atoms with Crippen molar-refractivity contribution in [3.8, 4) is 0 Å². The van der Waals surface area contributed by atoms with Crippen molar-refractivity contribution in [2.24, 2.45) is 4.99 Å². The van der Waals surface area contributed by atoms with E-state index in [1.165, 1.54) is 0 Å². The van der Waals surface area contributed by atoms with Crippen molar-refractivity contribution in [2.45, 2.75) is 33.1 Å².